The highest BCUT2D eigenvalue weighted by molar-refractivity contribution is 7.80. The smallest absolute Gasteiger partial charge is 0.385 e. The number of nitro groups is 1. The van der Waals surface area contributed by atoms with Gasteiger partial charge in [-0.25, -0.2) is 0 Å². The van der Waals surface area contributed by atoms with Crippen molar-refractivity contribution in [1.82, 2.24) is 5.32 Å². The zero-order valence-corrected chi connectivity index (χ0v) is 16.7. The number of aliphatic hydroxyl groups excluding tert-OH is 1. The maximum Gasteiger partial charge on any atom is 0.423 e. The van der Waals surface area contributed by atoms with E-state index < -0.39 is 39.9 Å². The number of hydrogen-bond acceptors (Lipinski definition) is 5. The average Bonchev–Trinajstić information content (AvgIpc) is 2.90. The van der Waals surface area contributed by atoms with E-state index >= 15 is 0 Å². The first-order valence-corrected chi connectivity index (χ1v) is 9.10. The van der Waals surface area contributed by atoms with Crippen molar-refractivity contribution in [2.24, 2.45) is 0 Å². The summed E-state index contributed by atoms with van der Waals surface area (Å²) in [7, 11) is 0. The van der Waals surface area contributed by atoms with Crippen LogP contribution in [0.15, 0.2) is 42.5 Å². The molecule has 7 nitrogen and oxygen atoms in total. The molecule has 1 fully saturated rings. The van der Waals surface area contributed by atoms with Gasteiger partial charge in [0.15, 0.2) is 5.11 Å². The first-order valence-electron chi connectivity index (χ1n) is 8.32. The topological polar surface area (TPSA) is 95.7 Å². The summed E-state index contributed by atoms with van der Waals surface area (Å²) in [4.78, 5) is 23.6. The lowest BCUT2D eigenvalue weighted by molar-refractivity contribution is -0.388. The molecule has 30 heavy (non-hydrogen) atoms. The summed E-state index contributed by atoms with van der Waals surface area (Å²) in [5, 5.41) is 24.5. The number of amides is 1. The van der Waals surface area contributed by atoms with E-state index in [0.717, 1.165) is 11.0 Å². The van der Waals surface area contributed by atoms with Crippen LogP contribution in [0.1, 0.15) is 24.2 Å². The summed E-state index contributed by atoms with van der Waals surface area (Å²) in [5.41, 5.74) is -4.35. The van der Waals surface area contributed by atoms with Crippen molar-refractivity contribution in [1.29, 1.82) is 0 Å². The number of benzene rings is 2. The Kier molecular flexibility index (Phi) is 5.48. The highest BCUT2D eigenvalue weighted by Gasteiger charge is 2.52. The van der Waals surface area contributed by atoms with Crippen LogP contribution in [0.25, 0.3) is 0 Å². The van der Waals surface area contributed by atoms with Crippen molar-refractivity contribution in [3.05, 3.63) is 68.7 Å². The van der Waals surface area contributed by atoms with Gasteiger partial charge in [0, 0.05) is 11.1 Å². The van der Waals surface area contributed by atoms with E-state index in [-0.39, 0.29) is 10.8 Å². The number of nitrogens with zero attached hydrogens (tertiary/aromatic N) is 2. The zero-order valence-electron chi connectivity index (χ0n) is 15.1. The Morgan fingerprint density at radius 3 is 2.40 bits per heavy atom. The van der Waals surface area contributed by atoms with Gasteiger partial charge >= 0.3 is 6.18 Å². The fourth-order valence-electron chi connectivity index (χ4n) is 3.10. The molecule has 12 heteroatoms. The lowest BCUT2D eigenvalue weighted by Crippen LogP contribution is -2.49. The minimum absolute atomic E-state index is 0.252. The number of aliphatic hydroxyl groups is 1. The number of hydrogen-bond donors (Lipinski definition) is 2. The van der Waals surface area contributed by atoms with E-state index in [1.165, 1.54) is 31.2 Å². The minimum Gasteiger partial charge on any atom is -0.385 e. The maximum absolute atomic E-state index is 13.3. The third-order valence-electron chi connectivity index (χ3n) is 4.69. The quantitative estimate of drug-likeness (QED) is 0.408. The normalized spacial score (nSPS) is 20.3. The SMILES string of the molecule is C[C@]1([C@@H](O)c2ccc(Cl)cc2)NC(=S)N(c2ccc([N+](=O)[O-])c(C(F)(F)F)c2)C1=O. The molecule has 2 N–H and O–H groups in total. The van der Waals surface area contributed by atoms with Gasteiger partial charge in [-0.15, -0.1) is 0 Å². The second-order valence-corrected chi connectivity index (χ2v) is 7.51. The Morgan fingerprint density at radius 1 is 1.27 bits per heavy atom. The van der Waals surface area contributed by atoms with Crippen molar-refractivity contribution in [3.8, 4) is 0 Å². The van der Waals surface area contributed by atoms with Gasteiger partial charge in [0.05, 0.1) is 10.6 Å². The fourth-order valence-corrected chi connectivity index (χ4v) is 3.63. The van der Waals surface area contributed by atoms with Crippen LogP contribution < -0.4 is 10.2 Å². The predicted octanol–water partition coefficient (Wildman–Crippen LogP) is 3.98. The number of carbonyl (C=O) groups is 1. The second-order valence-electron chi connectivity index (χ2n) is 6.68. The second kappa shape index (κ2) is 7.49. The van der Waals surface area contributed by atoms with Gasteiger partial charge < -0.3 is 10.4 Å². The molecule has 2 atom stereocenters. The van der Waals surface area contributed by atoms with Crippen LogP contribution in [0, 0.1) is 10.1 Å². The Morgan fingerprint density at radius 2 is 1.87 bits per heavy atom. The molecule has 0 aromatic heterocycles. The summed E-state index contributed by atoms with van der Waals surface area (Å²) in [6.45, 7) is 1.34. The Bertz CT molecular complexity index is 1050. The lowest BCUT2D eigenvalue weighted by atomic mass is 9.89. The van der Waals surface area contributed by atoms with Crippen LogP contribution in [0.3, 0.4) is 0 Å². The molecule has 1 saturated heterocycles. The third kappa shape index (κ3) is 3.71. The van der Waals surface area contributed by atoms with E-state index in [4.69, 9.17) is 23.8 Å². The molecule has 1 aliphatic rings. The molecule has 0 spiro atoms. The Balaban J connectivity index is 2.02. The summed E-state index contributed by atoms with van der Waals surface area (Å²) >= 11 is 10.9. The van der Waals surface area contributed by atoms with Crippen LogP contribution >= 0.6 is 23.8 Å². The van der Waals surface area contributed by atoms with Crippen molar-refractivity contribution in [3.63, 3.8) is 0 Å². The van der Waals surface area contributed by atoms with Gasteiger partial charge in [0.1, 0.15) is 17.2 Å². The highest BCUT2D eigenvalue weighted by atomic mass is 35.5. The number of carbonyl (C=O) groups excluding carboxylic acids is 1. The zero-order chi connectivity index (χ0) is 22.4. The van der Waals surface area contributed by atoms with Crippen molar-refractivity contribution < 1.29 is 28.0 Å². The van der Waals surface area contributed by atoms with Crippen LogP contribution in [0.5, 0.6) is 0 Å². The third-order valence-corrected chi connectivity index (χ3v) is 5.23. The number of anilines is 1. The first kappa shape index (κ1) is 21.9. The van der Waals surface area contributed by atoms with Crippen LogP contribution in [-0.2, 0) is 11.0 Å². The van der Waals surface area contributed by atoms with Crippen LogP contribution in [0.4, 0.5) is 24.5 Å². The number of nitro benzene ring substituents is 1. The number of rotatable bonds is 4. The van der Waals surface area contributed by atoms with Crippen LogP contribution in [0.2, 0.25) is 5.02 Å². The predicted molar refractivity (Wildman–Crippen MR) is 106 cm³/mol. The lowest BCUT2D eigenvalue weighted by Gasteiger charge is -2.28. The molecule has 2 aromatic rings. The molecule has 3 rings (SSSR count). The molecule has 1 heterocycles. The first-order chi connectivity index (χ1) is 13.9. The molecule has 0 radical (unpaired) electrons. The molecular weight excluding hydrogens is 447 g/mol. The Labute approximate surface area is 178 Å². The number of thiocarbonyl (C=S) groups is 1. The van der Waals surface area contributed by atoms with Crippen molar-refractivity contribution >= 4 is 46.2 Å². The molecule has 0 unspecified atom stereocenters. The highest BCUT2D eigenvalue weighted by Crippen LogP contribution is 2.40. The number of nitrogens with one attached hydrogen (secondary N) is 1. The number of halogens is 4. The van der Waals surface area contributed by atoms with Gasteiger partial charge in [0.2, 0.25) is 0 Å². The van der Waals surface area contributed by atoms with Crippen LogP contribution in [-0.4, -0.2) is 26.6 Å². The molecule has 0 saturated carbocycles. The van der Waals surface area contributed by atoms with Crippen molar-refractivity contribution in [2.45, 2.75) is 24.7 Å². The number of alkyl halides is 3. The molecule has 0 bridgehead atoms. The molecule has 158 valence electrons. The summed E-state index contributed by atoms with van der Waals surface area (Å²) in [5.74, 6) is -0.822. The molecule has 0 aliphatic carbocycles. The fraction of sp³-hybridized carbons (Fsp3) is 0.222. The molecular formula is C18H13ClF3N3O4S. The monoisotopic (exact) mass is 459 g/mol. The average molecular weight is 460 g/mol. The molecule has 2 aromatic carbocycles. The van der Waals surface area contributed by atoms with E-state index in [0.29, 0.717) is 22.7 Å². The summed E-state index contributed by atoms with van der Waals surface area (Å²) in [6.07, 6.45) is -6.44. The minimum atomic E-state index is -5.03. The largest absolute Gasteiger partial charge is 0.423 e. The van der Waals surface area contributed by atoms with E-state index in [2.05, 4.69) is 5.32 Å². The van der Waals surface area contributed by atoms with Gasteiger partial charge in [0.25, 0.3) is 11.6 Å². The molecule has 1 amide bonds. The van der Waals surface area contributed by atoms with Gasteiger partial charge in [-0.1, -0.05) is 23.7 Å². The molecule has 1 aliphatic heterocycles. The Hall–Kier alpha value is -2.76. The van der Waals surface area contributed by atoms with Gasteiger partial charge in [-0.3, -0.25) is 19.8 Å². The summed E-state index contributed by atoms with van der Waals surface area (Å²) < 4.78 is 39.9. The van der Waals surface area contributed by atoms with E-state index in [9.17, 15) is 33.2 Å². The summed E-state index contributed by atoms with van der Waals surface area (Å²) in [6, 6.07) is 8.11. The maximum atomic E-state index is 13.3. The van der Waals surface area contributed by atoms with Gasteiger partial charge in [-0.2, -0.15) is 13.2 Å². The standard InChI is InChI=1S/C18H13ClF3N3O4S/c1-17(14(26)9-2-4-10(19)5-3-9)15(27)24(16(30)23-17)11-6-7-13(25(28)29)12(8-11)18(20,21)22/h2-8,14,26H,1H3,(H,23,30)/t14-,17+/m0/s1. The van der Waals surface area contributed by atoms with Crippen molar-refractivity contribution in [2.75, 3.05) is 4.90 Å². The van der Waals surface area contributed by atoms with Gasteiger partial charge in [-0.05, 0) is 49.0 Å². The van der Waals surface area contributed by atoms with E-state index in [1.807, 2.05) is 0 Å². The van der Waals surface area contributed by atoms with E-state index in [1.54, 1.807) is 0 Å².